The van der Waals surface area contributed by atoms with E-state index in [0.29, 0.717) is 5.56 Å². The first-order valence-corrected chi connectivity index (χ1v) is 7.90. The third kappa shape index (κ3) is 9.68. The summed E-state index contributed by atoms with van der Waals surface area (Å²) in [6, 6.07) is 9.62. The summed E-state index contributed by atoms with van der Waals surface area (Å²) in [7, 11) is 0. The Balaban J connectivity index is -0.000000478. The Bertz CT molecular complexity index is 438. The molecule has 0 unspecified atom stereocenters. The van der Waals surface area contributed by atoms with Crippen LogP contribution in [0.2, 0.25) is 0 Å². The molecule has 1 aromatic rings. The Labute approximate surface area is 133 Å². The Morgan fingerprint density at radius 3 is 1.52 bits per heavy atom. The molecule has 0 atom stereocenters. The van der Waals surface area contributed by atoms with Crippen molar-refractivity contribution in [2.45, 2.75) is 62.3 Å². The summed E-state index contributed by atoms with van der Waals surface area (Å²) in [5, 5.41) is 8.68. The summed E-state index contributed by atoms with van der Waals surface area (Å²) in [6.45, 7) is 22.3. The van der Waals surface area contributed by atoms with Crippen molar-refractivity contribution >= 4 is 5.57 Å². The molecular formula is C20H33N. The summed E-state index contributed by atoms with van der Waals surface area (Å²) >= 11 is 0. The summed E-state index contributed by atoms with van der Waals surface area (Å²) in [4.78, 5) is 0. The van der Waals surface area contributed by atoms with E-state index in [4.69, 9.17) is 5.26 Å². The Kier molecular flexibility index (Phi) is 18.7. The van der Waals surface area contributed by atoms with Gasteiger partial charge in [0.2, 0.25) is 0 Å². The molecule has 1 nitrogen and oxygen atoms in total. The van der Waals surface area contributed by atoms with Crippen LogP contribution < -0.4 is 0 Å². The maximum Gasteiger partial charge on any atom is 0.0991 e. The first-order valence-electron chi connectivity index (χ1n) is 7.90. The average Bonchev–Trinajstić information content (AvgIpc) is 2.59. The molecule has 1 aromatic carbocycles. The summed E-state index contributed by atoms with van der Waals surface area (Å²) < 4.78 is 0. The fraction of sp³-hybridized carbons (Fsp3) is 0.450. The smallest absolute Gasteiger partial charge is 0.0991 e. The predicted octanol–water partition coefficient (Wildman–Crippen LogP) is 7.01. The van der Waals surface area contributed by atoms with E-state index in [1.165, 1.54) is 11.1 Å². The lowest BCUT2D eigenvalue weighted by atomic mass is 9.97. The van der Waals surface area contributed by atoms with Crippen LogP contribution in [0, 0.1) is 11.3 Å². The molecule has 0 N–H and O–H groups in total. The third-order valence-electron chi connectivity index (χ3n) is 2.57. The highest BCUT2D eigenvalue weighted by Gasteiger charge is 2.02. The molecule has 118 valence electrons. The first-order chi connectivity index (χ1) is 10.1. The van der Waals surface area contributed by atoms with Gasteiger partial charge in [0.1, 0.15) is 0 Å². The Morgan fingerprint density at radius 2 is 1.24 bits per heavy atom. The van der Waals surface area contributed by atoms with Gasteiger partial charge in [0.25, 0.3) is 0 Å². The van der Waals surface area contributed by atoms with Crippen LogP contribution >= 0.6 is 0 Å². The van der Waals surface area contributed by atoms with Crippen LogP contribution in [0.4, 0.5) is 0 Å². The minimum Gasteiger partial charge on any atom is -0.192 e. The second-order valence-corrected chi connectivity index (χ2v) is 3.79. The van der Waals surface area contributed by atoms with Gasteiger partial charge < -0.3 is 0 Å². The van der Waals surface area contributed by atoms with Crippen molar-refractivity contribution in [3.05, 3.63) is 53.1 Å². The standard InChI is InChI=1S/C14H15N.3C2H6/c1-10(2)11(3)12(4)14-7-5-13(9-15)6-8-14;3*1-2/h5-8H,4H2,1-3H3;3*1-2H3. The molecule has 0 radical (unpaired) electrons. The fourth-order valence-corrected chi connectivity index (χ4v) is 1.26. The molecular weight excluding hydrogens is 254 g/mol. The van der Waals surface area contributed by atoms with E-state index in [9.17, 15) is 0 Å². The van der Waals surface area contributed by atoms with Crippen LogP contribution in [0.1, 0.15) is 73.4 Å². The highest BCUT2D eigenvalue weighted by Crippen LogP contribution is 2.23. The zero-order chi connectivity index (χ0) is 17.4. The Hall–Kier alpha value is -1.81. The molecule has 0 spiro atoms. The van der Waals surface area contributed by atoms with Crippen LogP contribution in [0.5, 0.6) is 0 Å². The molecule has 1 heteroatoms. The van der Waals surface area contributed by atoms with Gasteiger partial charge in [0, 0.05) is 0 Å². The van der Waals surface area contributed by atoms with Crippen LogP contribution in [0.25, 0.3) is 5.57 Å². The lowest BCUT2D eigenvalue weighted by Crippen LogP contribution is -1.87. The molecule has 0 heterocycles. The maximum atomic E-state index is 8.68. The molecule has 21 heavy (non-hydrogen) atoms. The van der Waals surface area contributed by atoms with Gasteiger partial charge in [0.05, 0.1) is 11.6 Å². The van der Waals surface area contributed by atoms with Crippen LogP contribution in [0.15, 0.2) is 42.0 Å². The Morgan fingerprint density at radius 1 is 0.857 bits per heavy atom. The highest BCUT2D eigenvalue weighted by molar-refractivity contribution is 5.77. The second kappa shape index (κ2) is 16.2. The predicted molar refractivity (Wildman–Crippen MR) is 98.3 cm³/mol. The van der Waals surface area contributed by atoms with Gasteiger partial charge in [-0.1, -0.05) is 65.8 Å². The van der Waals surface area contributed by atoms with Gasteiger partial charge in [0.15, 0.2) is 0 Å². The fourth-order valence-electron chi connectivity index (χ4n) is 1.26. The van der Waals surface area contributed by atoms with Crippen LogP contribution in [-0.2, 0) is 0 Å². The van der Waals surface area contributed by atoms with Gasteiger partial charge in [-0.25, -0.2) is 0 Å². The number of hydrogen-bond acceptors (Lipinski definition) is 1. The lowest BCUT2D eigenvalue weighted by Gasteiger charge is -2.08. The zero-order valence-electron chi connectivity index (χ0n) is 15.5. The normalized spacial score (nSPS) is 7.43. The summed E-state index contributed by atoms with van der Waals surface area (Å²) in [5.41, 5.74) is 5.26. The van der Waals surface area contributed by atoms with E-state index in [1.54, 1.807) is 0 Å². The van der Waals surface area contributed by atoms with E-state index in [1.807, 2.05) is 65.8 Å². The SMILES string of the molecule is C=C(C(C)=C(C)C)c1ccc(C#N)cc1.CC.CC.CC. The van der Waals surface area contributed by atoms with Crippen molar-refractivity contribution in [2.24, 2.45) is 0 Å². The minimum absolute atomic E-state index is 0.682. The quantitative estimate of drug-likeness (QED) is 0.537. The minimum atomic E-state index is 0.682. The molecule has 0 aliphatic rings. The molecule has 0 bridgehead atoms. The van der Waals surface area contributed by atoms with Gasteiger partial charge >= 0.3 is 0 Å². The topological polar surface area (TPSA) is 23.8 Å². The lowest BCUT2D eigenvalue weighted by molar-refractivity contribution is 1.30. The van der Waals surface area contributed by atoms with Crippen molar-refractivity contribution in [1.29, 1.82) is 5.26 Å². The maximum absolute atomic E-state index is 8.68. The average molecular weight is 287 g/mol. The van der Waals surface area contributed by atoms with Crippen molar-refractivity contribution in [3.8, 4) is 6.07 Å². The third-order valence-corrected chi connectivity index (χ3v) is 2.57. The molecule has 0 aliphatic heterocycles. The van der Waals surface area contributed by atoms with Crippen molar-refractivity contribution in [3.63, 3.8) is 0 Å². The van der Waals surface area contributed by atoms with E-state index in [2.05, 4.69) is 33.4 Å². The van der Waals surface area contributed by atoms with E-state index in [0.717, 1.165) is 11.1 Å². The number of benzene rings is 1. The van der Waals surface area contributed by atoms with Crippen LogP contribution in [-0.4, -0.2) is 0 Å². The van der Waals surface area contributed by atoms with Crippen molar-refractivity contribution < 1.29 is 0 Å². The molecule has 0 saturated heterocycles. The number of nitrogens with zero attached hydrogens (tertiary/aromatic N) is 1. The first kappa shape index (κ1) is 24.2. The molecule has 0 aromatic heterocycles. The van der Waals surface area contributed by atoms with Gasteiger partial charge in [-0.15, -0.1) is 0 Å². The molecule has 0 fully saturated rings. The van der Waals surface area contributed by atoms with Crippen molar-refractivity contribution in [1.82, 2.24) is 0 Å². The number of rotatable bonds is 2. The molecule has 1 rings (SSSR count). The molecule has 0 saturated carbocycles. The van der Waals surface area contributed by atoms with E-state index < -0.39 is 0 Å². The monoisotopic (exact) mass is 287 g/mol. The van der Waals surface area contributed by atoms with Crippen molar-refractivity contribution in [2.75, 3.05) is 0 Å². The molecule has 0 amide bonds. The van der Waals surface area contributed by atoms with Crippen LogP contribution in [0.3, 0.4) is 0 Å². The number of hydrogen-bond donors (Lipinski definition) is 0. The van der Waals surface area contributed by atoms with E-state index >= 15 is 0 Å². The molecule has 0 aliphatic carbocycles. The van der Waals surface area contributed by atoms with E-state index in [-0.39, 0.29) is 0 Å². The largest absolute Gasteiger partial charge is 0.192 e. The summed E-state index contributed by atoms with van der Waals surface area (Å²) in [6.07, 6.45) is 0. The van der Waals surface area contributed by atoms with Gasteiger partial charge in [-0.05, 0) is 49.6 Å². The van der Waals surface area contributed by atoms with Gasteiger partial charge in [-0.3, -0.25) is 0 Å². The number of allylic oxidation sites excluding steroid dienone is 3. The number of nitriles is 1. The highest BCUT2D eigenvalue weighted by atomic mass is 14.2. The zero-order valence-corrected chi connectivity index (χ0v) is 15.5. The van der Waals surface area contributed by atoms with Gasteiger partial charge in [-0.2, -0.15) is 5.26 Å². The summed E-state index contributed by atoms with van der Waals surface area (Å²) in [5.74, 6) is 0. The second-order valence-electron chi connectivity index (χ2n) is 3.79.